The van der Waals surface area contributed by atoms with Crippen LogP contribution >= 0.6 is 11.3 Å². The zero-order chi connectivity index (χ0) is 10.1. The second kappa shape index (κ2) is 3.12. The number of anilines is 1. The number of nitrogen functional groups attached to an aromatic ring is 1. The van der Waals surface area contributed by atoms with Gasteiger partial charge in [-0.05, 0) is 11.4 Å². The van der Waals surface area contributed by atoms with Gasteiger partial charge < -0.3 is 10.2 Å². The van der Waals surface area contributed by atoms with Crippen molar-refractivity contribution in [2.24, 2.45) is 0 Å². The zero-order valence-corrected chi connectivity index (χ0v) is 7.64. The van der Waals surface area contributed by atoms with Gasteiger partial charge >= 0.3 is 0 Å². The maximum atomic E-state index is 13.1. The number of nitrogens with zero attached hydrogens (tertiary/aromatic N) is 2. The standard InChI is InChI=1S/C8H4FN3OS/c9-4-1-2-14-6(4)8-12-5(3-10)7(11)13-8/h1-2H,11H2. The number of aromatic nitrogens is 1. The van der Waals surface area contributed by atoms with Crippen LogP contribution in [0.5, 0.6) is 0 Å². The lowest BCUT2D eigenvalue weighted by Crippen LogP contribution is -1.84. The highest BCUT2D eigenvalue weighted by atomic mass is 32.1. The van der Waals surface area contributed by atoms with E-state index in [4.69, 9.17) is 15.4 Å². The monoisotopic (exact) mass is 209 g/mol. The summed E-state index contributed by atoms with van der Waals surface area (Å²) in [6, 6.07) is 3.05. The third kappa shape index (κ3) is 1.24. The number of halogens is 1. The SMILES string of the molecule is N#Cc1nc(-c2sccc2F)oc1N. The van der Waals surface area contributed by atoms with Gasteiger partial charge in [-0.1, -0.05) is 0 Å². The maximum Gasteiger partial charge on any atom is 0.243 e. The Bertz CT molecular complexity index is 511. The van der Waals surface area contributed by atoms with E-state index in [1.807, 2.05) is 0 Å². The average molecular weight is 209 g/mol. The minimum absolute atomic E-state index is 0.0206. The summed E-state index contributed by atoms with van der Waals surface area (Å²) in [5.74, 6) is -0.470. The Morgan fingerprint density at radius 3 is 2.93 bits per heavy atom. The number of hydrogen-bond acceptors (Lipinski definition) is 5. The van der Waals surface area contributed by atoms with Gasteiger partial charge in [0.25, 0.3) is 0 Å². The summed E-state index contributed by atoms with van der Waals surface area (Å²) in [5, 5.41) is 10.1. The molecule has 2 rings (SSSR count). The van der Waals surface area contributed by atoms with Gasteiger partial charge in [0.1, 0.15) is 16.8 Å². The van der Waals surface area contributed by atoms with Crippen molar-refractivity contribution in [3.63, 3.8) is 0 Å². The van der Waals surface area contributed by atoms with Crippen LogP contribution in [0, 0.1) is 17.1 Å². The van der Waals surface area contributed by atoms with E-state index < -0.39 is 5.82 Å². The molecule has 0 spiro atoms. The van der Waals surface area contributed by atoms with Crippen LogP contribution in [-0.2, 0) is 0 Å². The fourth-order valence-corrected chi connectivity index (χ4v) is 1.65. The van der Waals surface area contributed by atoms with E-state index in [2.05, 4.69) is 4.98 Å². The molecular formula is C8H4FN3OS. The van der Waals surface area contributed by atoms with Gasteiger partial charge in [-0.15, -0.1) is 11.3 Å². The number of nitrogens with two attached hydrogens (primary N) is 1. The van der Waals surface area contributed by atoms with E-state index in [1.54, 1.807) is 11.4 Å². The molecule has 2 heterocycles. The first-order valence-electron chi connectivity index (χ1n) is 3.62. The fourth-order valence-electron chi connectivity index (χ4n) is 0.956. The highest BCUT2D eigenvalue weighted by molar-refractivity contribution is 7.13. The van der Waals surface area contributed by atoms with Crippen molar-refractivity contribution in [2.75, 3.05) is 5.73 Å². The van der Waals surface area contributed by atoms with E-state index in [1.165, 1.54) is 6.07 Å². The first kappa shape index (κ1) is 8.72. The van der Waals surface area contributed by atoms with Crippen molar-refractivity contribution in [3.8, 4) is 16.8 Å². The molecule has 0 atom stereocenters. The number of oxazole rings is 1. The molecule has 70 valence electrons. The molecule has 14 heavy (non-hydrogen) atoms. The summed E-state index contributed by atoms with van der Waals surface area (Å²) < 4.78 is 18.0. The quantitative estimate of drug-likeness (QED) is 0.779. The van der Waals surface area contributed by atoms with E-state index in [0.29, 0.717) is 0 Å². The van der Waals surface area contributed by atoms with Crippen LogP contribution in [0.4, 0.5) is 10.3 Å². The molecule has 0 saturated carbocycles. The predicted molar refractivity (Wildman–Crippen MR) is 48.9 cm³/mol. The van der Waals surface area contributed by atoms with Gasteiger partial charge in [-0.3, -0.25) is 0 Å². The second-order valence-electron chi connectivity index (χ2n) is 2.44. The van der Waals surface area contributed by atoms with Crippen LogP contribution in [0.2, 0.25) is 0 Å². The Morgan fingerprint density at radius 2 is 2.43 bits per heavy atom. The normalized spacial score (nSPS) is 10.0. The van der Waals surface area contributed by atoms with E-state index in [9.17, 15) is 4.39 Å². The Balaban J connectivity index is 2.54. The van der Waals surface area contributed by atoms with Gasteiger partial charge in [0.05, 0.1) is 0 Å². The molecule has 0 saturated heterocycles. The summed E-state index contributed by atoms with van der Waals surface area (Å²) >= 11 is 1.14. The number of rotatable bonds is 1. The summed E-state index contributed by atoms with van der Waals surface area (Å²) in [5.41, 5.74) is 5.32. The van der Waals surface area contributed by atoms with Crippen molar-refractivity contribution in [1.82, 2.24) is 4.98 Å². The first-order valence-corrected chi connectivity index (χ1v) is 4.50. The lowest BCUT2D eigenvalue weighted by molar-refractivity contribution is 0.581. The first-order chi connectivity index (χ1) is 6.72. The van der Waals surface area contributed by atoms with Crippen LogP contribution in [0.1, 0.15) is 5.69 Å². The molecule has 0 aliphatic heterocycles. The molecule has 0 bridgehead atoms. The molecule has 2 aromatic heterocycles. The van der Waals surface area contributed by atoms with Crippen LogP contribution in [0.15, 0.2) is 15.9 Å². The predicted octanol–water partition coefficient (Wildman–Crippen LogP) is 2.00. The molecule has 0 amide bonds. The summed E-state index contributed by atoms with van der Waals surface area (Å²) in [6.07, 6.45) is 0. The molecule has 4 nitrogen and oxygen atoms in total. The molecule has 0 fully saturated rings. The third-order valence-corrected chi connectivity index (χ3v) is 2.45. The van der Waals surface area contributed by atoms with Crippen molar-refractivity contribution in [3.05, 3.63) is 23.0 Å². The largest absolute Gasteiger partial charge is 0.418 e. The summed E-state index contributed by atoms with van der Waals surface area (Å²) in [4.78, 5) is 4.00. The zero-order valence-electron chi connectivity index (χ0n) is 6.82. The smallest absolute Gasteiger partial charge is 0.243 e. The highest BCUT2D eigenvalue weighted by Crippen LogP contribution is 2.29. The van der Waals surface area contributed by atoms with Gasteiger partial charge in [0.15, 0.2) is 0 Å². The lowest BCUT2D eigenvalue weighted by atomic mass is 10.4. The molecule has 2 aromatic rings. The Morgan fingerprint density at radius 1 is 1.64 bits per heavy atom. The molecule has 6 heteroatoms. The molecule has 0 aliphatic rings. The Hall–Kier alpha value is -1.87. The molecule has 0 unspecified atom stereocenters. The van der Waals surface area contributed by atoms with Crippen molar-refractivity contribution < 1.29 is 8.81 Å². The minimum Gasteiger partial charge on any atom is -0.418 e. The maximum absolute atomic E-state index is 13.1. The van der Waals surface area contributed by atoms with Crippen molar-refractivity contribution in [1.29, 1.82) is 5.26 Å². The van der Waals surface area contributed by atoms with Gasteiger partial charge in [-0.2, -0.15) is 10.2 Å². The van der Waals surface area contributed by atoms with Gasteiger partial charge in [0.2, 0.25) is 17.5 Å². The third-order valence-electron chi connectivity index (χ3n) is 1.57. The lowest BCUT2D eigenvalue weighted by Gasteiger charge is -1.87. The molecular weight excluding hydrogens is 205 g/mol. The molecule has 0 aromatic carbocycles. The van der Waals surface area contributed by atoms with Gasteiger partial charge in [-0.25, -0.2) is 4.39 Å². The van der Waals surface area contributed by atoms with E-state index >= 15 is 0 Å². The van der Waals surface area contributed by atoms with E-state index in [-0.39, 0.29) is 22.3 Å². The average Bonchev–Trinajstić information content (AvgIpc) is 2.71. The van der Waals surface area contributed by atoms with Crippen LogP contribution in [0.3, 0.4) is 0 Å². The van der Waals surface area contributed by atoms with Crippen molar-refractivity contribution >= 4 is 17.2 Å². The number of nitriles is 1. The Labute approximate surface area is 82.4 Å². The second-order valence-corrected chi connectivity index (χ2v) is 3.36. The minimum atomic E-state index is -0.430. The Kier molecular flexibility index (Phi) is 1.94. The molecule has 0 aliphatic carbocycles. The molecule has 2 N–H and O–H groups in total. The topological polar surface area (TPSA) is 75.8 Å². The highest BCUT2D eigenvalue weighted by Gasteiger charge is 2.15. The molecule has 0 radical (unpaired) electrons. The fraction of sp³-hybridized carbons (Fsp3) is 0. The number of thiophene rings is 1. The van der Waals surface area contributed by atoms with Gasteiger partial charge in [0, 0.05) is 0 Å². The number of hydrogen-bond donors (Lipinski definition) is 1. The summed E-state index contributed by atoms with van der Waals surface area (Å²) in [7, 11) is 0. The summed E-state index contributed by atoms with van der Waals surface area (Å²) in [6.45, 7) is 0. The van der Waals surface area contributed by atoms with E-state index in [0.717, 1.165) is 11.3 Å². The van der Waals surface area contributed by atoms with Crippen LogP contribution in [0.25, 0.3) is 10.8 Å². The van der Waals surface area contributed by atoms with Crippen LogP contribution in [-0.4, -0.2) is 4.98 Å². The van der Waals surface area contributed by atoms with Crippen molar-refractivity contribution in [2.45, 2.75) is 0 Å². The van der Waals surface area contributed by atoms with Crippen LogP contribution < -0.4 is 5.73 Å².